The molecule has 1 aromatic rings. The highest BCUT2D eigenvalue weighted by Crippen LogP contribution is 2.11. The number of hydrogen-bond donors (Lipinski definition) is 2. The quantitative estimate of drug-likeness (QED) is 0.828. The second-order valence-corrected chi connectivity index (χ2v) is 4.69. The average Bonchev–Trinajstić information content (AvgIpc) is 2.59. The Labute approximate surface area is 99.1 Å². The molecule has 2 amide bonds. The topological polar surface area (TPSA) is 65.5 Å². The Morgan fingerprint density at radius 2 is 2.44 bits per heavy atom. The first-order valence-electron chi connectivity index (χ1n) is 5.06. The summed E-state index contributed by atoms with van der Waals surface area (Å²) in [5, 5.41) is 11.9. The number of likely N-dealkylation sites (N-methyl/N-ethyl adjacent to an activating group) is 1. The standard InChI is InChI=1S/C10H17N3O2S/c1-7(14)5-13(3)10(15)11-4-9-8(2)12-6-16-9/h6-7,14H,4-5H2,1-3H3,(H,11,15). The van der Waals surface area contributed by atoms with Gasteiger partial charge in [0.1, 0.15) is 0 Å². The van der Waals surface area contributed by atoms with Crippen LogP contribution in [0.3, 0.4) is 0 Å². The molecule has 1 atom stereocenters. The number of nitrogens with zero attached hydrogens (tertiary/aromatic N) is 2. The largest absolute Gasteiger partial charge is 0.392 e. The lowest BCUT2D eigenvalue weighted by Gasteiger charge is -2.19. The minimum atomic E-state index is -0.513. The van der Waals surface area contributed by atoms with Crippen LogP contribution < -0.4 is 5.32 Å². The normalized spacial score (nSPS) is 12.2. The molecule has 0 bridgehead atoms. The molecule has 0 saturated carbocycles. The van der Waals surface area contributed by atoms with Gasteiger partial charge >= 0.3 is 6.03 Å². The Morgan fingerprint density at radius 1 is 1.75 bits per heavy atom. The number of thiazole rings is 1. The zero-order valence-electron chi connectivity index (χ0n) is 9.73. The molecule has 1 rings (SSSR count). The number of aliphatic hydroxyl groups excluding tert-OH is 1. The van der Waals surface area contributed by atoms with E-state index in [0.717, 1.165) is 10.6 Å². The van der Waals surface area contributed by atoms with Crippen LogP contribution in [0.2, 0.25) is 0 Å². The average molecular weight is 243 g/mol. The van der Waals surface area contributed by atoms with Gasteiger partial charge in [-0.3, -0.25) is 0 Å². The lowest BCUT2D eigenvalue weighted by molar-refractivity contribution is 0.144. The SMILES string of the molecule is Cc1ncsc1CNC(=O)N(C)CC(C)O. The maximum atomic E-state index is 11.6. The van der Waals surface area contributed by atoms with Gasteiger partial charge in [-0.05, 0) is 13.8 Å². The number of aromatic nitrogens is 1. The molecular weight excluding hydrogens is 226 g/mol. The van der Waals surface area contributed by atoms with Crippen molar-refractivity contribution >= 4 is 17.4 Å². The smallest absolute Gasteiger partial charge is 0.317 e. The summed E-state index contributed by atoms with van der Waals surface area (Å²) in [7, 11) is 1.65. The lowest BCUT2D eigenvalue weighted by atomic mass is 10.4. The molecule has 0 radical (unpaired) electrons. The number of amides is 2. The van der Waals surface area contributed by atoms with Crippen LogP contribution in [0.1, 0.15) is 17.5 Å². The summed E-state index contributed by atoms with van der Waals surface area (Å²) in [4.78, 5) is 18.2. The van der Waals surface area contributed by atoms with Crippen molar-refractivity contribution in [2.45, 2.75) is 26.5 Å². The number of nitrogens with one attached hydrogen (secondary N) is 1. The summed E-state index contributed by atoms with van der Waals surface area (Å²) in [5.74, 6) is 0. The highest BCUT2D eigenvalue weighted by molar-refractivity contribution is 7.09. The Kier molecular flexibility index (Phi) is 4.70. The monoisotopic (exact) mass is 243 g/mol. The van der Waals surface area contributed by atoms with Gasteiger partial charge in [-0.2, -0.15) is 0 Å². The summed E-state index contributed by atoms with van der Waals surface area (Å²) in [5.41, 5.74) is 2.71. The maximum absolute atomic E-state index is 11.6. The third-order valence-electron chi connectivity index (χ3n) is 2.13. The predicted molar refractivity (Wildman–Crippen MR) is 63.4 cm³/mol. The fourth-order valence-corrected chi connectivity index (χ4v) is 1.98. The minimum absolute atomic E-state index is 0.186. The highest BCUT2D eigenvalue weighted by atomic mass is 32.1. The number of rotatable bonds is 4. The van der Waals surface area contributed by atoms with E-state index in [1.165, 1.54) is 16.2 Å². The number of carbonyl (C=O) groups is 1. The van der Waals surface area contributed by atoms with E-state index in [9.17, 15) is 4.79 Å². The van der Waals surface area contributed by atoms with E-state index in [1.54, 1.807) is 19.5 Å². The van der Waals surface area contributed by atoms with Gasteiger partial charge in [0.25, 0.3) is 0 Å². The molecule has 2 N–H and O–H groups in total. The van der Waals surface area contributed by atoms with E-state index in [0.29, 0.717) is 13.1 Å². The Morgan fingerprint density at radius 3 is 2.94 bits per heavy atom. The van der Waals surface area contributed by atoms with Gasteiger partial charge in [0.15, 0.2) is 0 Å². The molecule has 0 fully saturated rings. The van der Waals surface area contributed by atoms with Crippen molar-refractivity contribution in [3.63, 3.8) is 0 Å². The summed E-state index contributed by atoms with van der Waals surface area (Å²) in [6, 6.07) is -0.186. The van der Waals surface area contributed by atoms with Crippen LogP contribution >= 0.6 is 11.3 Å². The summed E-state index contributed by atoms with van der Waals surface area (Å²) in [6.45, 7) is 4.38. The van der Waals surface area contributed by atoms with Gasteiger partial charge in [-0.25, -0.2) is 9.78 Å². The van der Waals surface area contributed by atoms with Crippen LogP contribution in [0.4, 0.5) is 4.79 Å². The molecule has 5 nitrogen and oxygen atoms in total. The first kappa shape index (κ1) is 12.9. The third kappa shape index (κ3) is 3.79. The van der Waals surface area contributed by atoms with E-state index >= 15 is 0 Å². The first-order valence-corrected chi connectivity index (χ1v) is 5.94. The molecule has 1 heterocycles. The molecular formula is C10H17N3O2S. The number of urea groups is 1. The van der Waals surface area contributed by atoms with Gasteiger partial charge in [0.05, 0.1) is 23.9 Å². The fourth-order valence-electron chi connectivity index (χ4n) is 1.27. The van der Waals surface area contributed by atoms with E-state index < -0.39 is 6.10 Å². The molecule has 0 aliphatic heterocycles. The second kappa shape index (κ2) is 5.81. The number of hydrogen-bond acceptors (Lipinski definition) is 4. The van der Waals surface area contributed by atoms with Gasteiger partial charge in [-0.1, -0.05) is 0 Å². The molecule has 1 unspecified atom stereocenters. The summed E-state index contributed by atoms with van der Waals surface area (Å²) < 4.78 is 0. The van der Waals surface area contributed by atoms with Crippen LogP contribution in [-0.4, -0.2) is 40.7 Å². The second-order valence-electron chi connectivity index (χ2n) is 3.75. The fraction of sp³-hybridized carbons (Fsp3) is 0.600. The van der Waals surface area contributed by atoms with Crippen LogP contribution in [0.5, 0.6) is 0 Å². The molecule has 90 valence electrons. The number of aliphatic hydroxyl groups is 1. The minimum Gasteiger partial charge on any atom is -0.392 e. The summed E-state index contributed by atoms with van der Waals surface area (Å²) >= 11 is 1.52. The van der Waals surface area contributed by atoms with Gasteiger partial charge in [0, 0.05) is 18.5 Å². The molecule has 0 spiro atoms. The maximum Gasteiger partial charge on any atom is 0.317 e. The van der Waals surface area contributed by atoms with Crippen molar-refractivity contribution < 1.29 is 9.90 Å². The van der Waals surface area contributed by atoms with Crippen molar-refractivity contribution in [3.8, 4) is 0 Å². The molecule has 0 aliphatic carbocycles. The van der Waals surface area contributed by atoms with Crippen molar-refractivity contribution in [2.75, 3.05) is 13.6 Å². The molecule has 0 aromatic carbocycles. The molecule has 0 saturated heterocycles. The molecule has 6 heteroatoms. The van der Waals surface area contributed by atoms with Crippen LogP contribution in [0.15, 0.2) is 5.51 Å². The zero-order valence-corrected chi connectivity index (χ0v) is 10.5. The zero-order chi connectivity index (χ0) is 12.1. The van der Waals surface area contributed by atoms with Crippen LogP contribution in [0.25, 0.3) is 0 Å². The number of carbonyl (C=O) groups excluding carboxylic acids is 1. The van der Waals surface area contributed by atoms with E-state index in [-0.39, 0.29) is 6.03 Å². The van der Waals surface area contributed by atoms with Crippen LogP contribution in [0, 0.1) is 6.92 Å². The Bertz CT molecular complexity index is 352. The molecule has 16 heavy (non-hydrogen) atoms. The first-order chi connectivity index (χ1) is 7.50. The summed E-state index contributed by atoms with van der Waals surface area (Å²) in [6.07, 6.45) is -0.513. The lowest BCUT2D eigenvalue weighted by Crippen LogP contribution is -2.40. The Hall–Kier alpha value is -1.14. The third-order valence-corrected chi connectivity index (χ3v) is 3.06. The van der Waals surface area contributed by atoms with E-state index in [1.807, 2.05) is 6.92 Å². The highest BCUT2D eigenvalue weighted by Gasteiger charge is 2.11. The predicted octanol–water partition coefficient (Wildman–Crippen LogP) is 0.974. The Balaban J connectivity index is 2.38. The van der Waals surface area contributed by atoms with Crippen molar-refractivity contribution in [2.24, 2.45) is 0 Å². The van der Waals surface area contributed by atoms with Gasteiger partial charge < -0.3 is 15.3 Å². The van der Waals surface area contributed by atoms with Crippen LogP contribution in [-0.2, 0) is 6.54 Å². The van der Waals surface area contributed by atoms with Crippen molar-refractivity contribution in [1.29, 1.82) is 0 Å². The molecule has 0 aliphatic rings. The van der Waals surface area contributed by atoms with Gasteiger partial charge in [-0.15, -0.1) is 11.3 Å². The van der Waals surface area contributed by atoms with Crippen molar-refractivity contribution in [1.82, 2.24) is 15.2 Å². The number of aryl methyl sites for hydroxylation is 1. The van der Waals surface area contributed by atoms with Gasteiger partial charge in [0.2, 0.25) is 0 Å². The molecule has 1 aromatic heterocycles. The van der Waals surface area contributed by atoms with E-state index in [2.05, 4.69) is 10.3 Å². The van der Waals surface area contributed by atoms with Crippen molar-refractivity contribution in [3.05, 3.63) is 16.1 Å². The van der Waals surface area contributed by atoms with E-state index in [4.69, 9.17) is 5.11 Å².